The third-order valence-electron chi connectivity index (χ3n) is 6.23. The zero-order valence-electron chi connectivity index (χ0n) is 18.7. The molecule has 0 N–H and O–H groups in total. The summed E-state index contributed by atoms with van der Waals surface area (Å²) in [5.74, 6) is -0.951. The highest BCUT2D eigenvalue weighted by Gasteiger charge is 2.22. The van der Waals surface area contributed by atoms with Gasteiger partial charge in [-0.3, -0.25) is 4.79 Å². The quantitative estimate of drug-likeness (QED) is 0.317. The Balaban J connectivity index is 1.41. The van der Waals surface area contributed by atoms with Gasteiger partial charge in [0.1, 0.15) is 12.2 Å². The van der Waals surface area contributed by atoms with E-state index in [4.69, 9.17) is 9.15 Å². The second-order valence-corrected chi connectivity index (χ2v) is 8.38. The van der Waals surface area contributed by atoms with Crippen molar-refractivity contribution in [3.63, 3.8) is 0 Å². The van der Waals surface area contributed by atoms with Crippen molar-refractivity contribution in [2.24, 2.45) is 0 Å². The molecular weight excluding hydrogens is 430 g/mol. The largest absolute Gasteiger partial charge is 0.457 e. The summed E-state index contributed by atoms with van der Waals surface area (Å²) in [5.41, 5.74) is 4.15. The first-order valence-corrected chi connectivity index (χ1v) is 11.2. The fourth-order valence-electron chi connectivity index (χ4n) is 4.43. The lowest BCUT2D eigenvalue weighted by Gasteiger charge is -2.19. The van der Waals surface area contributed by atoms with Gasteiger partial charge >= 0.3 is 11.6 Å². The van der Waals surface area contributed by atoms with Crippen molar-refractivity contribution < 1.29 is 18.7 Å². The number of anilines is 1. The molecule has 1 aliphatic rings. The molecule has 0 radical (unpaired) electrons. The molecule has 5 rings (SSSR count). The summed E-state index contributed by atoms with van der Waals surface area (Å²) in [6.07, 6.45) is 3.02. The summed E-state index contributed by atoms with van der Waals surface area (Å²) in [4.78, 5) is 39.8. The van der Waals surface area contributed by atoms with Crippen molar-refractivity contribution in [3.05, 3.63) is 111 Å². The number of hydrogen-bond acceptors (Lipinski definition) is 5. The van der Waals surface area contributed by atoms with E-state index in [-0.39, 0.29) is 23.6 Å². The monoisotopic (exact) mass is 453 g/mol. The summed E-state index contributed by atoms with van der Waals surface area (Å²) < 4.78 is 11.0. The molecular formula is C28H23NO5. The van der Waals surface area contributed by atoms with E-state index in [0.717, 1.165) is 24.6 Å². The van der Waals surface area contributed by atoms with Crippen LogP contribution in [0.25, 0.3) is 11.0 Å². The first kappa shape index (κ1) is 21.6. The highest BCUT2D eigenvalue weighted by molar-refractivity contribution is 6.12. The minimum absolute atomic E-state index is 0.100. The van der Waals surface area contributed by atoms with Crippen molar-refractivity contribution >= 4 is 28.5 Å². The first-order chi connectivity index (χ1) is 16.5. The summed E-state index contributed by atoms with van der Waals surface area (Å²) in [6, 6.07) is 21.1. The Morgan fingerprint density at radius 2 is 1.59 bits per heavy atom. The van der Waals surface area contributed by atoms with Crippen LogP contribution in [0.5, 0.6) is 0 Å². The van der Waals surface area contributed by atoms with Gasteiger partial charge in [-0.2, -0.15) is 0 Å². The average Bonchev–Trinajstić information content (AvgIpc) is 3.33. The molecule has 1 aliphatic carbocycles. The van der Waals surface area contributed by atoms with Crippen molar-refractivity contribution in [1.82, 2.24) is 0 Å². The molecule has 0 bridgehead atoms. The normalized spacial score (nSPS) is 12.4. The Hall–Kier alpha value is -4.19. The second kappa shape index (κ2) is 8.98. The second-order valence-electron chi connectivity index (χ2n) is 8.38. The third-order valence-corrected chi connectivity index (χ3v) is 6.23. The summed E-state index contributed by atoms with van der Waals surface area (Å²) in [6.45, 7) is -0.100. The van der Waals surface area contributed by atoms with Gasteiger partial charge in [0.05, 0.1) is 11.1 Å². The van der Waals surface area contributed by atoms with Crippen LogP contribution in [0.4, 0.5) is 5.69 Å². The maximum Gasteiger partial charge on any atom is 0.339 e. The first-order valence-electron chi connectivity index (χ1n) is 11.2. The molecule has 1 aromatic heterocycles. The molecule has 3 aromatic carbocycles. The minimum Gasteiger partial charge on any atom is -0.457 e. The van der Waals surface area contributed by atoms with Crippen LogP contribution < -0.4 is 10.5 Å². The van der Waals surface area contributed by atoms with Crippen LogP contribution in [0.15, 0.2) is 82.0 Å². The Morgan fingerprint density at radius 1 is 0.912 bits per heavy atom. The molecule has 0 fully saturated rings. The molecule has 1 amide bonds. The highest BCUT2D eigenvalue weighted by Crippen LogP contribution is 2.29. The zero-order valence-corrected chi connectivity index (χ0v) is 18.7. The molecule has 6 nitrogen and oxygen atoms in total. The van der Waals surface area contributed by atoms with E-state index < -0.39 is 11.6 Å². The molecule has 1 heterocycles. The Labute approximate surface area is 196 Å². The number of nitrogens with zero attached hydrogens (tertiary/aromatic N) is 1. The zero-order chi connectivity index (χ0) is 23.7. The van der Waals surface area contributed by atoms with Gasteiger partial charge in [-0.15, -0.1) is 0 Å². The van der Waals surface area contributed by atoms with Crippen molar-refractivity contribution in [3.8, 4) is 0 Å². The topological polar surface area (TPSA) is 76.8 Å². The fraction of sp³-hybridized carbons (Fsp3) is 0.179. The fourth-order valence-corrected chi connectivity index (χ4v) is 4.43. The minimum atomic E-state index is -0.632. The molecule has 0 unspecified atom stereocenters. The lowest BCUT2D eigenvalue weighted by atomic mass is 10.0. The van der Waals surface area contributed by atoms with E-state index >= 15 is 0 Å². The number of para-hydroxylation sites is 1. The third kappa shape index (κ3) is 4.10. The van der Waals surface area contributed by atoms with Crippen LogP contribution >= 0.6 is 0 Å². The van der Waals surface area contributed by atoms with E-state index in [1.165, 1.54) is 22.1 Å². The number of hydrogen-bond donors (Lipinski definition) is 0. The molecule has 170 valence electrons. The van der Waals surface area contributed by atoms with Gasteiger partial charge in [-0.25, -0.2) is 9.59 Å². The van der Waals surface area contributed by atoms with E-state index in [1.807, 2.05) is 42.5 Å². The Kier molecular flexibility index (Phi) is 5.72. The Bertz CT molecular complexity index is 1460. The maximum atomic E-state index is 13.1. The van der Waals surface area contributed by atoms with Crippen LogP contribution in [0, 0.1) is 0 Å². The molecule has 0 saturated carbocycles. The van der Waals surface area contributed by atoms with Crippen LogP contribution in [-0.2, 0) is 24.2 Å². The molecule has 34 heavy (non-hydrogen) atoms. The Morgan fingerprint density at radius 3 is 2.35 bits per heavy atom. The van der Waals surface area contributed by atoms with Crippen molar-refractivity contribution in [1.29, 1.82) is 0 Å². The van der Waals surface area contributed by atoms with Crippen LogP contribution in [0.2, 0.25) is 0 Å². The van der Waals surface area contributed by atoms with Gasteiger partial charge in [0.25, 0.3) is 5.91 Å². The highest BCUT2D eigenvalue weighted by atomic mass is 16.5. The summed E-state index contributed by atoms with van der Waals surface area (Å²) in [5, 5.41) is 0.765. The SMILES string of the molecule is CN(C(=O)c1ccccc1C(=O)OCc1cc(=O)oc2cc3c(cc12)CCC3)c1ccccc1. The summed E-state index contributed by atoms with van der Waals surface area (Å²) in [7, 11) is 1.66. The van der Waals surface area contributed by atoms with Crippen LogP contribution in [0.3, 0.4) is 0 Å². The van der Waals surface area contributed by atoms with Gasteiger partial charge < -0.3 is 14.1 Å². The summed E-state index contributed by atoms with van der Waals surface area (Å²) >= 11 is 0. The van der Waals surface area contributed by atoms with E-state index in [2.05, 4.69) is 0 Å². The van der Waals surface area contributed by atoms with Gasteiger partial charge in [0.15, 0.2) is 0 Å². The van der Waals surface area contributed by atoms with Gasteiger partial charge in [-0.05, 0) is 66.8 Å². The molecule has 0 saturated heterocycles. The van der Waals surface area contributed by atoms with Crippen LogP contribution in [-0.4, -0.2) is 18.9 Å². The van der Waals surface area contributed by atoms with E-state index in [1.54, 1.807) is 31.3 Å². The average molecular weight is 453 g/mol. The van der Waals surface area contributed by atoms with Gasteiger partial charge in [0.2, 0.25) is 0 Å². The maximum absolute atomic E-state index is 13.1. The van der Waals surface area contributed by atoms with E-state index in [9.17, 15) is 14.4 Å². The number of aryl methyl sites for hydroxylation is 2. The molecule has 0 spiro atoms. The lowest BCUT2D eigenvalue weighted by molar-refractivity contribution is 0.0471. The molecule has 4 aromatic rings. The standard InChI is InChI=1S/C28H23NO5/c1-29(21-10-3-2-4-11-21)27(31)22-12-5-6-13-23(22)28(32)33-17-20-16-26(30)34-25-15-19-9-7-8-18(19)14-24(20)25/h2-6,10-16H,7-9,17H2,1H3. The molecule has 0 atom stereocenters. The number of benzene rings is 3. The van der Waals surface area contributed by atoms with E-state index in [0.29, 0.717) is 16.8 Å². The number of carbonyl (C=O) groups excluding carboxylic acids is 2. The predicted molar refractivity (Wildman–Crippen MR) is 129 cm³/mol. The van der Waals surface area contributed by atoms with Gasteiger partial charge in [0, 0.05) is 29.8 Å². The van der Waals surface area contributed by atoms with Crippen molar-refractivity contribution in [2.45, 2.75) is 25.9 Å². The number of ether oxygens (including phenoxy) is 1. The molecule has 6 heteroatoms. The number of esters is 1. The van der Waals surface area contributed by atoms with Crippen molar-refractivity contribution in [2.75, 3.05) is 11.9 Å². The smallest absolute Gasteiger partial charge is 0.339 e. The number of fused-ring (bicyclic) bond motifs is 2. The predicted octanol–water partition coefficient (Wildman–Crippen LogP) is 4.92. The van der Waals surface area contributed by atoms with Crippen LogP contribution in [0.1, 0.15) is 43.8 Å². The number of rotatable bonds is 5. The van der Waals surface area contributed by atoms with Gasteiger partial charge in [-0.1, -0.05) is 30.3 Å². The molecule has 0 aliphatic heterocycles. The number of carbonyl (C=O) groups is 2. The number of amides is 1. The lowest BCUT2D eigenvalue weighted by Crippen LogP contribution is -2.28.